The molecule has 1 aliphatic rings. The summed E-state index contributed by atoms with van der Waals surface area (Å²) >= 11 is 0. The van der Waals surface area contributed by atoms with Crippen molar-refractivity contribution in [2.75, 3.05) is 4.90 Å². The first-order chi connectivity index (χ1) is 11.5. The van der Waals surface area contributed by atoms with Gasteiger partial charge in [0.1, 0.15) is 0 Å². The van der Waals surface area contributed by atoms with Crippen molar-refractivity contribution in [1.29, 1.82) is 0 Å². The Balaban J connectivity index is 2.18. The van der Waals surface area contributed by atoms with Gasteiger partial charge in [0.25, 0.3) is 0 Å². The van der Waals surface area contributed by atoms with Gasteiger partial charge in [0.05, 0.1) is 17.2 Å². The minimum absolute atomic E-state index is 0.0433. The van der Waals surface area contributed by atoms with E-state index in [4.69, 9.17) is 0 Å². The van der Waals surface area contributed by atoms with E-state index in [1.165, 1.54) is 12.1 Å². The fourth-order valence-corrected chi connectivity index (χ4v) is 3.75. The summed E-state index contributed by atoms with van der Waals surface area (Å²) in [6, 6.07) is 5.15. The second-order valence-corrected chi connectivity index (χ2v) is 7.28. The fourth-order valence-electron chi connectivity index (χ4n) is 3.75. The molecule has 0 amide bonds. The summed E-state index contributed by atoms with van der Waals surface area (Å²) in [7, 11) is 0. The Bertz CT molecular complexity index is 852. The van der Waals surface area contributed by atoms with Crippen LogP contribution in [-0.4, -0.2) is 27.8 Å². The number of halogens is 3. The number of anilines is 1. The predicted molar refractivity (Wildman–Crippen MR) is 90.8 cm³/mol. The molecular weight excluding hydrogens is 333 g/mol. The van der Waals surface area contributed by atoms with Crippen molar-refractivity contribution in [2.24, 2.45) is 0 Å². The highest BCUT2D eigenvalue weighted by Gasteiger charge is 2.40. The third kappa shape index (κ3) is 3.25. The highest BCUT2D eigenvalue weighted by molar-refractivity contribution is 5.86. The molecule has 0 radical (unpaired) electrons. The van der Waals surface area contributed by atoms with Crippen molar-refractivity contribution >= 4 is 16.6 Å². The SMILES string of the molecule is CC1CCC(C(C)(C)O)N1c1ccc2[nH]c(=O)cc(C(F)(F)F)c2c1. The Morgan fingerprint density at radius 1 is 1.20 bits per heavy atom. The number of aromatic amines is 1. The van der Waals surface area contributed by atoms with Gasteiger partial charge in [-0.2, -0.15) is 13.2 Å². The zero-order valence-corrected chi connectivity index (χ0v) is 14.3. The standard InChI is InChI=1S/C18H21F3N2O2/c1-10-4-7-15(17(2,3)25)23(10)11-5-6-14-12(8-11)13(18(19,20)21)9-16(24)22-14/h5-6,8-10,15,25H,4,7H2,1-3H3,(H,22,24). The number of benzene rings is 1. The van der Waals surface area contributed by atoms with Gasteiger partial charge >= 0.3 is 6.18 Å². The van der Waals surface area contributed by atoms with E-state index in [9.17, 15) is 23.1 Å². The molecule has 25 heavy (non-hydrogen) atoms. The zero-order valence-electron chi connectivity index (χ0n) is 14.3. The van der Waals surface area contributed by atoms with Crippen molar-refractivity contribution in [2.45, 2.75) is 57.5 Å². The molecule has 2 aromatic rings. The Morgan fingerprint density at radius 3 is 2.48 bits per heavy atom. The van der Waals surface area contributed by atoms with E-state index in [-0.39, 0.29) is 23.0 Å². The predicted octanol–water partition coefficient (Wildman–Crippen LogP) is 3.68. The van der Waals surface area contributed by atoms with E-state index in [0.717, 1.165) is 12.8 Å². The molecule has 4 nitrogen and oxygen atoms in total. The van der Waals surface area contributed by atoms with Gasteiger partial charge in [-0.1, -0.05) is 0 Å². The first-order valence-corrected chi connectivity index (χ1v) is 8.23. The van der Waals surface area contributed by atoms with Crippen LogP contribution in [0, 0.1) is 0 Å². The molecule has 3 rings (SSSR count). The Labute approximate surface area is 143 Å². The number of rotatable bonds is 2. The third-order valence-electron chi connectivity index (χ3n) is 4.91. The van der Waals surface area contributed by atoms with Crippen LogP contribution in [0.3, 0.4) is 0 Å². The van der Waals surface area contributed by atoms with Crippen molar-refractivity contribution in [3.8, 4) is 0 Å². The second kappa shape index (κ2) is 5.76. The van der Waals surface area contributed by atoms with Gasteiger partial charge in [-0.3, -0.25) is 4.79 Å². The fraction of sp³-hybridized carbons (Fsp3) is 0.500. The number of aliphatic hydroxyl groups is 1. The highest BCUT2D eigenvalue weighted by Crippen LogP contribution is 2.39. The molecule has 2 heterocycles. The van der Waals surface area contributed by atoms with E-state index < -0.39 is 22.9 Å². The summed E-state index contributed by atoms with van der Waals surface area (Å²) in [4.78, 5) is 16.0. The largest absolute Gasteiger partial charge is 0.417 e. The molecule has 1 aliphatic heterocycles. The van der Waals surface area contributed by atoms with Crippen molar-refractivity contribution in [3.63, 3.8) is 0 Å². The van der Waals surface area contributed by atoms with E-state index >= 15 is 0 Å². The molecule has 2 N–H and O–H groups in total. The van der Waals surface area contributed by atoms with Crippen molar-refractivity contribution in [1.82, 2.24) is 4.98 Å². The van der Waals surface area contributed by atoms with Crippen molar-refractivity contribution < 1.29 is 18.3 Å². The van der Waals surface area contributed by atoms with Gasteiger partial charge in [-0.15, -0.1) is 0 Å². The lowest BCUT2D eigenvalue weighted by molar-refractivity contribution is -0.136. The number of nitrogens with one attached hydrogen (secondary N) is 1. The summed E-state index contributed by atoms with van der Waals surface area (Å²) < 4.78 is 40.0. The second-order valence-electron chi connectivity index (χ2n) is 7.28. The summed E-state index contributed by atoms with van der Waals surface area (Å²) in [5.41, 5.74) is -1.94. The summed E-state index contributed by atoms with van der Waals surface area (Å²) in [6.07, 6.45) is -3.00. The molecule has 1 fully saturated rings. The van der Waals surface area contributed by atoms with E-state index in [1.54, 1.807) is 19.9 Å². The maximum absolute atomic E-state index is 13.3. The van der Waals surface area contributed by atoms with Crippen LogP contribution in [-0.2, 0) is 6.18 Å². The normalized spacial score (nSPS) is 22.0. The molecule has 1 aromatic heterocycles. The van der Waals surface area contributed by atoms with Gasteiger partial charge in [-0.25, -0.2) is 0 Å². The van der Waals surface area contributed by atoms with Crippen LogP contribution >= 0.6 is 0 Å². The number of hydrogen-bond donors (Lipinski definition) is 2. The summed E-state index contributed by atoms with van der Waals surface area (Å²) in [5.74, 6) is 0. The smallest absolute Gasteiger partial charge is 0.388 e. The quantitative estimate of drug-likeness (QED) is 0.865. The third-order valence-corrected chi connectivity index (χ3v) is 4.91. The average Bonchev–Trinajstić information content (AvgIpc) is 2.87. The van der Waals surface area contributed by atoms with E-state index in [1.807, 2.05) is 11.8 Å². The first-order valence-electron chi connectivity index (χ1n) is 8.23. The molecule has 0 bridgehead atoms. The molecule has 1 aromatic carbocycles. The average molecular weight is 354 g/mol. The van der Waals surface area contributed by atoms with Crippen LogP contribution in [0.5, 0.6) is 0 Å². The number of H-pyrrole nitrogens is 1. The minimum atomic E-state index is -4.61. The van der Waals surface area contributed by atoms with Gasteiger partial charge in [0.2, 0.25) is 5.56 Å². The summed E-state index contributed by atoms with van der Waals surface area (Å²) in [6.45, 7) is 5.41. The first kappa shape index (κ1) is 17.8. The number of nitrogens with zero attached hydrogens (tertiary/aromatic N) is 1. The molecule has 0 spiro atoms. The topological polar surface area (TPSA) is 56.3 Å². The van der Waals surface area contributed by atoms with Crippen LogP contribution in [0.2, 0.25) is 0 Å². The molecule has 2 unspecified atom stereocenters. The Hall–Kier alpha value is -2.02. The number of alkyl halides is 3. The van der Waals surface area contributed by atoms with Crippen LogP contribution in [0.1, 0.15) is 39.2 Å². The van der Waals surface area contributed by atoms with Crippen LogP contribution in [0.4, 0.5) is 18.9 Å². The maximum atomic E-state index is 13.3. The van der Waals surface area contributed by atoms with Crippen LogP contribution < -0.4 is 10.5 Å². The van der Waals surface area contributed by atoms with Gasteiger partial charge in [0.15, 0.2) is 0 Å². The number of aromatic nitrogens is 1. The molecule has 7 heteroatoms. The molecular formula is C18H21F3N2O2. The Kier molecular flexibility index (Phi) is 4.10. The molecule has 136 valence electrons. The van der Waals surface area contributed by atoms with Crippen molar-refractivity contribution in [3.05, 3.63) is 40.2 Å². The Morgan fingerprint density at radius 2 is 1.88 bits per heavy atom. The molecule has 2 atom stereocenters. The lowest BCUT2D eigenvalue weighted by atomic mass is 9.96. The van der Waals surface area contributed by atoms with E-state index in [2.05, 4.69) is 4.98 Å². The molecule has 0 aliphatic carbocycles. The lowest BCUT2D eigenvalue weighted by Crippen LogP contribution is -2.47. The monoisotopic (exact) mass is 354 g/mol. The van der Waals surface area contributed by atoms with Gasteiger partial charge in [0, 0.05) is 28.7 Å². The van der Waals surface area contributed by atoms with Gasteiger partial charge < -0.3 is 15.0 Å². The minimum Gasteiger partial charge on any atom is -0.388 e. The highest BCUT2D eigenvalue weighted by atomic mass is 19.4. The number of hydrogen-bond acceptors (Lipinski definition) is 3. The van der Waals surface area contributed by atoms with Gasteiger partial charge in [-0.05, 0) is 51.8 Å². The molecule has 0 saturated carbocycles. The summed E-state index contributed by atoms with van der Waals surface area (Å²) in [5, 5.41) is 10.4. The number of pyridine rings is 1. The van der Waals surface area contributed by atoms with Crippen LogP contribution in [0.25, 0.3) is 10.9 Å². The van der Waals surface area contributed by atoms with Crippen LogP contribution in [0.15, 0.2) is 29.1 Å². The lowest BCUT2D eigenvalue weighted by Gasteiger charge is -2.38. The zero-order chi connectivity index (χ0) is 18.6. The van der Waals surface area contributed by atoms with E-state index in [0.29, 0.717) is 11.8 Å². The number of fused-ring (bicyclic) bond motifs is 1. The maximum Gasteiger partial charge on any atom is 0.417 e. The molecule has 1 saturated heterocycles.